The number of hydrogen-bond acceptors (Lipinski definition) is 7. The fourth-order valence-corrected chi connectivity index (χ4v) is 3.86. The monoisotopic (exact) mass is 596 g/mol. The highest BCUT2D eigenvalue weighted by atomic mass is 19.4. The van der Waals surface area contributed by atoms with Crippen LogP contribution < -0.4 is 20.7 Å². The summed E-state index contributed by atoms with van der Waals surface area (Å²) in [7, 11) is 1.38. The van der Waals surface area contributed by atoms with Gasteiger partial charge in [-0.2, -0.15) is 18.2 Å². The van der Waals surface area contributed by atoms with Crippen LogP contribution in [-0.2, 0) is 17.3 Å². The standard InChI is InChI=1S/C28H29F5N4O5/c1-27(2,3)42-26(40)37(24-20(34)8-10-23(36-24)41-4)11-5-6-15-12-18(29)19(30)14-22(15)35-21-9-7-16(28(31,32)33)13-17(21)25(38)39/h7-10,12-14,35H,5-6,11,34H2,1-4H3,(H,38,39). The van der Waals surface area contributed by atoms with Gasteiger partial charge in [-0.25, -0.2) is 18.4 Å². The first-order valence-corrected chi connectivity index (χ1v) is 12.5. The molecular weight excluding hydrogens is 567 g/mol. The number of methoxy groups -OCH3 is 1. The lowest BCUT2D eigenvalue weighted by molar-refractivity contribution is -0.137. The van der Waals surface area contributed by atoms with Crippen LogP contribution in [0.2, 0.25) is 0 Å². The molecule has 2 aromatic carbocycles. The summed E-state index contributed by atoms with van der Waals surface area (Å²) in [5.41, 5.74) is 3.21. The Bertz CT molecular complexity index is 1470. The van der Waals surface area contributed by atoms with Gasteiger partial charge in [0.05, 0.1) is 29.6 Å². The van der Waals surface area contributed by atoms with Crippen LogP contribution in [0.3, 0.4) is 0 Å². The van der Waals surface area contributed by atoms with Crippen molar-refractivity contribution in [2.45, 2.75) is 45.4 Å². The molecule has 226 valence electrons. The number of nitrogen functional groups attached to an aromatic ring is 1. The molecule has 0 spiro atoms. The predicted octanol–water partition coefficient (Wildman–Crippen LogP) is 6.79. The number of halogens is 5. The average Bonchev–Trinajstić information content (AvgIpc) is 2.88. The number of amides is 1. The molecule has 0 saturated heterocycles. The Morgan fingerprint density at radius 3 is 2.29 bits per heavy atom. The molecule has 0 aliphatic heterocycles. The number of alkyl halides is 3. The van der Waals surface area contributed by atoms with Crippen molar-refractivity contribution in [3.63, 3.8) is 0 Å². The summed E-state index contributed by atoms with van der Waals surface area (Å²) in [5, 5.41) is 12.1. The minimum atomic E-state index is -4.79. The van der Waals surface area contributed by atoms with E-state index < -0.39 is 46.6 Å². The normalized spacial score (nSPS) is 11.6. The minimum absolute atomic E-state index is 0.00570. The number of aryl methyl sites for hydroxylation is 1. The molecule has 0 radical (unpaired) electrons. The largest absolute Gasteiger partial charge is 0.481 e. The Kier molecular flexibility index (Phi) is 9.49. The topological polar surface area (TPSA) is 127 Å². The van der Waals surface area contributed by atoms with Crippen molar-refractivity contribution in [1.29, 1.82) is 0 Å². The molecule has 4 N–H and O–H groups in total. The zero-order chi connectivity index (χ0) is 31.4. The maximum absolute atomic E-state index is 14.2. The Balaban J connectivity index is 1.93. The van der Waals surface area contributed by atoms with Crippen LogP contribution in [0.5, 0.6) is 5.88 Å². The summed E-state index contributed by atoms with van der Waals surface area (Å²) in [5.74, 6) is -3.92. The summed E-state index contributed by atoms with van der Waals surface area (Å²) >= 11 is 0. The van der Waals surface area contributed by atoms with Crippen molar-refractivity contribution in [2.24, 2.45) is 0 Å². The van der Waals surface area contributed by atoms with Gasteiger partial charge in [0.2, 0.25) is 5.88 Å². The third-order valence-corrected chi connectivity index (χ3v) is 5.78. The molecule has 42 heavy (non-hydrogen) atoms. The van der Waals surface area contributed by atoms with E-state index in [9.17, 15) is 36.6 Å². The number of ether oxygens (including phenoxy) is 2. The van der Waals surface area contributed by atoms with Gasteiger partial charge in [0.1, 0.15) is 5.60 Å². The first-order chi connectivity index (χ1) is 19.5. The molecule has 0 fully saturated rings. The molecule has 1 aromatic heterocycles. The number of aromatic carboxylic acids is 1. The number of anilines is 4. The fraction of sp³-hybridized carbons (Fsp3) is 0.321. The average molecular weight is 597 g/mol. The summed E-state index contributed by atoms with van der Waals surface area (Å²) in [6.07, 6.45) is -5.45. The van der Waals surface area contributed by atoms with E-state index >= 15 is 0 Å². The highest BCUT2D eigenvalue weighted by molar-refractivity contribution is 5.95. The lowest BCUT2D eigenvalue weighted by Crippen LogP contribution is -2.38. The van der Waals surface area contributed by atoms with Crippen molar-refractivity contribution >= 4 is 34.9 Å². The summed E-state index contributed by atoms with van der Waals surface area (Å²) < 4.78 is 78.5. The lowest BCUT2D eigenvalue weighted by Gasteiger charge is -2.27. The maximum Gasteiger partial charge on any atom is 0.416 e. The second-order valence-corrected chi connectivity index (χ2v) is 10.1. The molecule has 0 unspecified atom stereocenters. The first-order valence-electron chi connectivity index (χ1n) is 12.5. The number of aromatic nitrogens is 1. The number of nitrogens with one attached hydrogen (secondary N) is 1. The van der Waals surface area contributed by atoms with Gasteiger partial charge in [0.25, 0.3) is 0 Å². The van der Waals surface area contributed by atoms with E-state index in [1.54, 1.807) is 20.8 Å². The van der Waals surface area contributed by atoms with Crippen LogP contribution in [0.1, 0.15) is 48.7 Å². The van der Waals surface area contributed by atoms with Crippen molar-refractivity contribution in [1.82, 2.24) is 4.98 Å². The number of nitrogens with two attached hydrogens (primary N) is 1. The smallest absolute Gasteiger partial charge is 0.416 e. The summed E-state index contributed by atoms with van der Waals surface area (Å²) in [6, 6.07) is 6.61. The molecule has 0 aliphatic rings. The second kappa shape index (κ2) is 12.5. The van der Waals surface area contributed by atoms with Gasteiger partial charge in [-0.3, -0.25) is 4.90 Å². The highest BCUT2D eigenvalue weighted by Gasteiger charge is 2.32. The van der Waals surface area contributed by atoms with Gasteiger partial charge in [-0.1, -0.05) is 0 Å². The van der Waals surface area contributed by atoms with Gasteiger partial charge in [0, 0.05) is 24.4 Å². The molecule has 9 nitrogen and oxygen atoms in total. The van der Waals surface area contributed by atoms with Crippen LogP contribution in [0.25, 0.3) is 0 Å². The van der Waals surface area contributed by atoms with E-state index in [2.05, 4.69) is 10.3 Å². The Labute approximate surface area is 238 Å². The predicted molar refractivity (Wildman–Crippen MR) is 145 cm³/mol. The number of hydrogen-bond donors (Lipinski definition) is 3. The number of carboxylic acid groups (broad SMARTS) is 1. The fourth-order valence-electron chi connectivity index (χ4n) is 3.86. The van der Waals surface area contributed by atoms with Crippen LogP contribution in [0, 0.1) is 11.6 Å². The van der Waals surface area contributed by atoms with E-state index in [-0.39, 0.29) is 53.7 Å². The van der Waals surface area contributed by atoms with Crippen LogP contribution in [-0.4, -0.2) is 41.4 Å². The third kappa shape index (κ3) is 7.98. The number of carbonyl (C=O) groups excluding carboxylic acids is 1. The lowest BCUT2D eigenvalue weighted by atomic mass is 10.0. The molecular formula is C28H29F5N4O5. The zero-order valence-electron chi connectivity index (χ0n) is 23.1. The quantitative estimate of drug-likeness (QED) is 0.231. The Hall–Kier alpha value is -4.62. The van der Waals surface area contributed by atoms with Gasteiger partial charge in [-0.15, -0.1) is 0 Å². The maximum atomic E-state index is 14.2. The number of carbonyl (C=O) groups is 2. The molecule has 0 aliphatic carbocycles. The molecule has 0 saturated carbocycles. The molecule has 1 amide bonds. The molecule has 3 aromatic rings. The Morgan fingerprint density at radius 2 is 1.69 bits per heavy atom. The van der Waals surface area contributed by atoms with E-state index in [1.807, 2.05) is 0 Å². The number of rotatable bonds is 9. The van der Waals surface area contributed by atoms with E-state index in [0.29, 0.717) is 12.1 Å². The van der Waals surface area contributed by atoms with Crippen molar-refractivity contribution in [3.8, 4) is 5.88 Å². The molecule has 0 bridgehead atoms. The number of pyridine rings is 1. The van der Waals surface area contributed by atoms with Crippen molar-refractivity contribution < 1.29 is 46.1 Å². The summed E-state index contributed by atoms with van der Waals surface area (Å²) in [4.78, 5) is 30.2. The van der Waals surface area contributed by atoms with Crippen molar-refractivity contribution in [3.05, 3.63) is 70.8 Å². The SMILES string of the molecule is COc1ccc(N)c(N(CCCc2cc(F)c(F)cc2Nc2ccc(C(F)(F)F)cc2C(=O)O)C(=O)OC(C)(C)C)n1. The second-order valence-electron chi connectivity index (χ2n) is 10.1. The van der Waals surface area contributed by atoms with E-state index in [1.165, 1.54) is 19.2 Å². The van der Waals surface area contributed by atoms with Gasteiger partial charge in [0.15, 0.2) is 17.5 Å². The molecule has 14 heteroatoms. The highest BCUT2D eigenvalue weighted by Crippen LogP contribution is 2.34. The van der Waals surface area contributed by atoms with Crippen LogP contribution in [0.15, 0.2) is 42.5 Å². The van der Waals surface area contributed by atoms with Crippen LogP contribution in [0.4, 0.5) is 49.6 Å². The Morgan fingerprint density at radius 1 is 1.02 bits per heavy atom. The minimum Gasteiger partial charge on any atom is -0.481 e. The third-order valence-electron chi connectivity index (χ3n) is 5.78. The molecule has 0 atom stereocenters. The van der Waals surface area contributed by atoms with Gasteiger partial charge < -0.3 is 25.6 Å². The van der Waals surface area contributed by atoms with Gasteiger partial charge in [-0.05, 0) is 69.5 Å². The molecule has 3 rings (SSSR count). The number of nitrogens with zero attached hydrogens (tertiary/aromatic N) is 2. The van der Waals surface area contributed by atoms with E-state index in [0.717, 1.165) is 23.1 Å². The number of benzene rings is 2. The van der Waals surface area contributed by atoms with Crippen molar-refractivity contribution in [2.75, 3.05) is 29.6 Å². The van der Waals surface area contributed by atoms with Crippen LogP contribution >= 0.6 is 0 Å². The van der Waals surface area contributed by atoms with E-state index in [4.69, 9.17) is 15.2 Å². The number of carboxylic acids is 1. The molecule has 1 heterocycles. The first kappa shape index (κ1) is 31.9. The summed E-state index contributed by atoms with van der Waals surface area (Å²) in [6.45, 7) is 4.93. The zero-order valence-corrected chi connectivity index (χ0v) is 23.1. The van der Waals surface area contributed by atoms with Gasteiger partial charge >= 0.3 is 18.2 Å².